The van der Waals surface area contributed by atoms with Gasteiger partial charge in [-0.25, -0.2) is 32.7 Å². The van der Waals surface area contributed by atoms with Crippen LogP contribution >= 0.6 is 11.6 Å². The Labute approximate surface area is 208 Å². The fourth-order valence-electron chi connectivity index (χ4n) is 3.06. The second kappa shape index (κ2) is 11.1. The molecule has 0 spiro atoms. The topological polar surface area (TPSA) is 121 Å². The molecule has 1 aromatic heterocycles. The Kier molecular flexibility index (Phi) is 8.35. The number of amides is 1. The van der Waals surface area contributed by atoms with Gasteiger partial charge in [0.25, 0.3) is 16.1 Å². The quantitative estimate of drug-likeness (QED) is 0.239. The number of nitrogens with one attached hydrogen (secondary N) is 4. The Hall–Kier alpha value is -3.46. The molecule has 0 saturated carbocycles. The van der Waals surface area contributed by atoms with E-state index in [-0.39, 0.29) is 16.3 Å². The van der Waals surface area contributed by atoms with E-state index >= 15 is 8.78 Å². The predicted octanol–water partition coefficient (Wildman–Crippen LogP) is 3.79. The van der Waals surface area contributed by atoms with Crippen molar-refractivity contribution in [1.82, 2.24) is 15.2 Å². The molecule has 0 aliphatic carbocycles. The molecular weight excluding hydrogens is 530 g/mol. The van der Waals surface area contributed by atoms with E-state index in [2.05, 4.69) is 15.1 Å². The fraction of sp³-hybridized carbons (Fsp3) is 0.143. The van der Waals surface area contributed by atoms with E-state index in [4.69, 9.17) is 11.6 Å². The van der Waals surface area contributed by atoms with Crippen LogP contribution in [-0.2, 0) is 21.5 Å². The second-order valence-corrected chi connectivity index (χ2v) is 9.15. The van der Waals surface area contributed by atoms with E-state index in [1.54, 1.807) is 0 Å². The molecule has 0 unspecified atom stereocenters. The largest absolute Gasteiger partial charge is 0.350 e. The molecule has 0 aliphatic rings. The van der Waals surface area contributed by atoms with Crippen molar-refractivity contribution in [2.24, 2.45) is 0 Å². The number of carbonyl (C=O) groups is 1. The molecule has 9 nitrogen and oxygen atoms in total. The Bertz CT molecular complexity index is 1430. The molecular formula is C21H18ClF4N5O4S. The van der Waals surface area contributed by atoms with Crippen LogP contribution in [0.4, 0.5) is 34.8 Å². The third-order valence-corrected chi connectivity index (χ3v) is 6.00. The van der Waals surface area contributed by atoms with Gasteiger partial charge in [-0.1, -0.05) is 11.6 Å². The number of carbonyl (C=O) groups excluding carboxylic acids is 1. The van der Waals surface area contributed by atoms with E-state index in [1.165, 1.54) is 6.07 Å². The molecule has 15 heteroatoms. The first kappa shape index (κ1) is 27.1. The molecule has 0 aliphatic heterocycles. The molecule has 3 rings (SSSR count). The minimum Gasteiger partial charge on any atom is -0.350 e. The van der Waals surface area contributed by atoms with Gasteiger partial charge in [0.15, 0.2) is 23.3 Å². The highest BCUT2D eigenvalue weighted by molar-refractivity contribution is 7.90. The molecule has 4 N–H and O–H groups in total. The zero-order chi connectivity index (χ0) is 26.6. The smallest absolute Gasteiger partial charge is 0.300 e. The van der Waals surface area contributed by atoms with Crippen LogP contribution in [-0.4, -0.2) is 33.5 Å². The molecule has 0 bridgehead atoms. The summed E-state index contributed by atoms with van der Waals surface area (Å²) in [7, 11) is -1.93. The summed E-state index contributed by atoms with van der Waals surface area (Å²) in [5.74, 6) is -6.78. The molecule has 0 saturated heterocycles. The minimum atomic E-state index is -4.12. The van der Waals surface area contributed by atoms with Crippen molar-refractivity contribution in [1.29, 1.82) is 0 Å². The number of hydrogen-bond donors (Lipinski definition) is 4. The van der Waals surface area contributed by atoms with Gasteiger partial charge in [0.05, 0.1) is 24.0 Å². The van der Waals surface area contributed by atoms with E-state index in [1.807, 2.05) is 14.9 Å². The van der Waals surface area contributed by atoms with Crippen LogP contribution in [0.3, 0.4) is 0 Å². The van der Waals surface area contributed by atoms with E-state index in [0.717, 1.165) is 44.6 Å². The molecule has 2 aromatic carbocycles. The average Bonchev–Trinajstić information content (AvgIpc) is 2.82. The third-order valence-electron chi connectivity index (χ3n) is 4.76. The highest BCUT2D eigenvalue weighted by Gasteiger charge is 2.25. The summed E-state index contributed by atoms with van der Waals surface area (Å²) in [4.78, 5) is 20.7. The van der Waals surface area contributed by atoms with Crippen LogP contribution < -0.4 is 20.2 Å². The molecule has 0 fully saturated rings. The molecule has 1 heterocycles. The number of hydroxylamine groups is 1. The molecule has 3 aromatic rings. The summed E-state index contributed by atoms with van der Waals surface area (Å²) in [6, 6.07) is 5.40. The van der Waals surface area contributed by atoms with E-state index < -0.39 is 68.4 Å². The number of nitrogens with zero attached hydrogens (tertiary/aromatic N) is 1. The Morgan fingerprint density at radius 3 is 2.42 bits per heavy atom. The van der Waals surface area contributed by atoms with Gasteiger partial charge in [0.1, 0.15) is 5.82 Å². The SMILES string of the molecule is CNS(=O)(=O)Nc1nccc(Cc2cc(C(=O)NOC)c(Nc3ccc(Cl)cc3F)c(F)c2F)c1F. The number of pyridine rings is 1. The predicted molar refractivity (Wildman–Crippen MR) is 124 cm³/mol. The fourth-order valence-corrected chi connectivity index (χ4v) is 3.71. The van der Waals surface area contributed by atoms with Gasteiger partial charge in [-0.05, 0) is 41.5 Å². The maximum absolute atomic E-state index is 15.2. The van der Waals surface area contributed by atoms with Gasteiger partial charge in [-0.3, -0.25) is 14.4 Å². The summed E-state index contributed by atoms with van der Waals surface area (Å²) in [5, 5.41) is 2.38. The van der Waals surface area contributed by atoms with E-state index in [0.29, 0.717) is 0 Å². The van der Waals surface area contributed by atoms with Crippen molar-refractivity contribution in [3.05, 3.63) is 81.5 Å². The van der Waals surface area contributed by atoms with E-state index in [9.17, 15) is 22.0 Å². The lowest BCUT2D eigenvalue weighted by molar-refractivity contribution is 0.0538. The maximum atomic E-state index is 15.2. The van der Waals surface area contributed by atoms with Gasteiger partial charge in [-0.15, -0.1) is 0 Å². The van der Waals surface area contributed by atoms with Crippen molar-refractivity contribution in [3.63, 3.8) is 0 Å². The van der Waals surface area contributed by atoms with Gasteiger partial charge >= 0.3 is 0 Å². The third kappa shape index (κ3) is 6.02. The Balaban J connectivity index is 2.08. The van der Waals surface area contributed by atoms with Crippen LogP contribution in [0.2, 0.25) is 5.02 Å². The summed E-state index contributed by atoms with van der Waals surface area (Å²) >= 11 is 5.71. The van der Waals surface area contributed by atoms with Crippen molar-refractivity contribution < 1.29 is 35.6 Å². The zero-order valence-electron chi connectivity index (χ0n) is 18.5. The number of anilines is 3. The number of hydrogen-bond acceptors (Lipinski definition) is 6. The van der Waals surface area contributed by atoms with Gasteiger partial charge in [0.2, 0.25) is 0 Å². The number of aromatic nitrogens is 1. The Morgan fingerprint density at radius 1 is 1.06 bits per heavy atom. The van der Waals surface area contributed by atoms with Crippen LogP contribution in [0.1, 0.15) is 21.5 Å². The molecule has 0 radical (unpaired) electrons. The molecule has 0 atom stereocenters. The molecule has 192 valence electrons. The average molecular weight is 548 g/mol. The van der Waals surface area contributed by atoms with Crippen LogP contribution in [0.15, 0.2) is 36.5 Å². The number of halogens is 5. The Morgan fingerprint density at radius 2 is 1.78 bits per heavy atom. The van der Waals surface area contributed by atoms with Crippen molar-refractivity contribution in [3.8, 4) is 0 Å². The molecule has 1 amide bonds. The van der Waals surface area contributed by atoms with Crippen LogP contribution in [0.25, 0.3) is 0 Å². The highest BCUT2D eigenvalue weighted by atomic mass is 35.5. The first-order valence-corrected chi connectivity index (χ1v) is 11.7. The van der Waals surface area contributed by atoms with Crippen LogP contribution in [0.5, 0.6) is 0 Å². The summed E-state index contributed by atoms with van der Waals surface area (Å²) in [5.41, 5.74) is -0.301. The lowest BCUT2D eigenvalue weighted by Gasteiger charge is -2.17. The second-order valence-electron chi connectivity index (χ2n) is 7.09. The van der Waals surface area contributed by atoms with Gasteiger partial charge < -0.3 is 5.32 Å². The molecule has 36 heavy (non-hydrogen) atoms. The zero-order valence-corrected chi connectivity index (χ0v) is 20.1. The van der Waals surface area contributed by atoms with Crippen molar-refractivity contribution in [2.75, 3.05) is 24.2 Å². The van der Waals surface area contributed by atoms with Crippen molar-refractivity contribution >= 4 is 44.9 Å². The monoisotopic (exact) mass is 547 g/mol. The van der Waals surface area contributed by atoms with Crippen LogP contribution in [0, 0.1) is 23.3 Å². The summed E-state index contributed by atoms with van der Waals surface area (Å²) in [6.45, 7) is 0. The first-order chi connectivity index (χ1) is 17.0. The summed E-state index contributed by atoms with van der Waals surface area (Å²) < 4.78 is 86.4. The van der Waals surface area contributed by atoms with Crippen molar-refractivity contribution in [2.45, 2.75) is 6.42 Å². The number of rotatable bonds is 9. The standard InChI is InChI=1S/C21H18ClF4N5O4S/c1-27-36(33,34)31-20-17(25)10(5-6-28-20)7-11-8-13(21(32)30-35-2)19(18(26)16(11)24)29-15-4-3-12(22)9-14(15)23/h3-6,8-9,27,29H,7H2,1-2H3,(H,28,31)(H,30,32). The van der Waals surface area contributed by atoms with Gasteiger partial charge in [0, 0.05) is 24.7 Å². The lowest BCUT2D eigenvalue weighted by atomic mass is 10.00. The normalized spacial score (nSPS) is 11.3. The minimum absolute atomic E-state index is 0.0492. The lowest BCUT2D eigenvalue weighted by Crippen LogP contribution is -2.27. The van der Waals surface area contributed by atoms with Gasteiger partial charge in [-0.2, -0.15) is 8.42 Å². The first-order valence-electron chi connectivity index (χ1n) is 9.88. The maximum Gasteiger partial charge on any atom is 0.300 e. The highest BCUT2D eigenvalue weighted by Crippen LogP contribution is 2.32. The summed E-state index contributed by atoms with van der Waals surface area (Å²) in [6.07, 6.45) is 0.451. The number of benzene rings is 2.